The summed E-state index contributed by atoms with van der Waals surface area (Å²) < 4.78 is 0. The first-order valence-electron chi connectivity index (χ1n) is 4.30. The molecular formula is C7H20OSi3. The van der Waals surface area contributed by atoms with Crippen LogP contribution in [0, 0.1) is 0 Å². The van der Waals surface area contributed by atoms with Crippen LogP contribution in [0.2, 0.25) is 24.4 Å². The van der Waals surface area contributed by atoms with Crippen LogP contribution < -0.4 is 0 Å². The highest BCUT2D eigenvalue weighted by molar-refractivity contribution is 6.92. The molecule has 0 fully saturated rings. The Kier molecular flexibility index (Phi) is 5.24. The van der Waals surface area contributed by atoms with E-state index in [1.807, 2.05) is 0 Å². The first-order chi connectivity index (χ1) is 5.05. The Hall–Kier alpha value is 0.351. The van der Waals surface area contributed by atoms with Crippen LogP contribution >= 0.6 is 0 Å². The average molecular weight is 204 g/mol. The van der Waals surface area contributed by atoms with Crippen molar-refractivity contribution in [1.29, 1.82) is 0 Å². The maximum absolute atomic E-state index is 9.06. The smallest absolute Gasteiger partial charge is 0.0682 e. The van der Waals surface area contributed by atoms with Crippen LogP contribution in [-0.2, 0) is 0 Å². The van der Waals surface area contributed by atoms with Gasteiger partial charge in [0.1, 0.15) is 0 Å². The van der Waals surface area contributed by atoms with Crippen LogP contribution in [0.4, 0.5) is 0 Å². The highest BCUT2D eigenvalue weighted by atomic mass is 28.4. The van der Waals surface area contributed by atoms with E-state index in [1.165, 1.54) is 21.6 Å². The summed E-state index contributed by atoms with van der Waals surface area (Å²) in [7, 11) is -0.554. The van der Waals surface area contributed by atoms with Crippen molar-refractivity contribution in [3.63, 3.8) is 0 Å². The highest BCUT2D eigenvalue weighted by Crippen LogP contribution is 2.13. The van der Waals surface area contributed by atoms with Crippen LogP contribution in [-0.4, -0.2) is 38.4 Å². The molecule has 0 saturated carbocycles. The summed E-state index contributed by atoms with van der Waals surface area (Å²) in [6.07, 6.45) is 0.508. The van der Waals surface area contributed by atoms with E-state index in [0.29, 0.717) is 6.23 Å². The molecule has 11 heavy (non-hydrogen) atoms. The van der Waals surface area contributed by atoms with Crippen molar-refractivity contribution < 1.29 is 5.11 Å². The van der Waals surface area contributed by atoms with E-state index in [-0.39, 0.29) is 0 Å². The first-order valence-corrected chi connectivity index (χ1v) is 11.4. The van der Waals surface area contributed by atoms with Crippen molar-refractivity contribution in [3.8, 4) is 0 Å². The summed E-state index contributed by atoms with van der Waals surface area (Å²) in [6.45, 7) is 8.55. The Balaban J connectivity index is 3.88. The summed E-state index contributed by atoms with van der Waals surface area (Å²) in [5, 5.41) is 9.06. The van der Waals surface area contributed by atoms with E-state index in [4.69, 9.17) is 5.11 Å². The van der Waals surface area contributed by atoms with Gasteiger partial charge in [0.05, 0.1) is 16.9 Å². The molecule has 0 aliphatic rings. The Labute approximate surface area is 75.6 Å². The Bertz CT molecular complexity index is 121. The molecule has 1 unspecified atom stereocenters. The minimum atomic E-state index is -1.09. The Morgan fingerprint density at radius 1 is 1.64 bits per heavy atom. The van der Waals surface area contributed by atoms with Gasteiger partial charge in [0, 0.05) is 6.23 Å². The third-order valence-electron chi connectivity index (χ3n) is 2.20. The second-order valence-corrected chi connectivity index (χ2v) is 15.2. The van der Waals surface area contributed by atoms with Gasteiger partial charge in [-0.1, -0.05) is 24.4 Å². The molecule has 0 radical (unpaired) electrons. The van der Waals surface area contributed by atoms with Gasteiger partial charge < -0.3 is 5.11 Å². The molecule has 0 aliphatic heterocycles. The normalized spacial score (nSPS) is 14.8. The fraction of sp³-hybridized carbons (Fsp3) is 0.714. The zero-order valence-corrected chi connectivity index (χ0v) is 12.1. The quantitative estimate of drug-likeness (QED) is 0.627. The van der Waals surface area contributed by atoms with Crippen molar-refractivity contribution in [2.45, 2.75) is 24.4 Å². The standard InChI is InChI=1S/C7H20OSi3/c1-4-11(2,3)7-10(5-8)6-9/h4,8,10H,1,5-7H2,2-3,9H3. The molecule has 0 spiro atoms. The van der Waals surface area contributed by atoms with Gasteiger partial charge in [0.25, 0.3) is 0 Å². The lowest BCUT2D eigenvalue weighted by Crippen LogP contribution is -2.33. The SMILES string of the molecule is C=C[Si](C)(C)C[SiH](CO)C[SiH3]. The van der Waals surface area contributed by atoms with Gasteiger partial charge in [-0.3, -0.25) is 0 Å². The van der Waals surface area contributed by atoms with Crippen molar-refractivity contribution in [2.24, 2.45) is 0 Å². The largest absolute Gasteiger partial charge is 0.400 e. The van der Waals surface area contributed by atoms with Crippen LogP contribution in [0.3, 0.4) is 0 Å². The molecule has 0 aromatic carbocycles. The predicted molar refractivity (Wildman–Crippen MR) is 61.5 cm³/mol. The van der Waals surface area contributed by atoms with Crippen molar-refractivity contribution in [3.05, 3.63) is 12.3 Å². The average Bonchev–Trinajstić information content (AvgIpc) is 2.00. The zero-order chi connectivity index (χ0) is 8.91. The molecule has 1 atom stereocenters. The second kappa shape index (κ2) is 5.08. The van der Waals surface area contributed by atoms with Gasteiger partial charge in [-0.25, -0.2) is 0 Å². The lowest BCUT2D eigenvalue weighted by molar-refractivity contribution is 0.362. The molecule has 66 valence electrons. The summed E-state index contributed by atoms with van der Waals surface area (Å²) >= 11 is 0. The molecule has 0 heterocycles. The number of hydrogen-bond acceptors (Lipinski definition) is 1. The minimum absolute atomic E-state index is 0.508. The Morgan fingerprint density at radius 2 is 2.18 bits per heavy atom. The van der Waals surface area contributed by atoms with Crippen molar-refractivity contribution in [1.82, 2.24) is 0 Å². The van der Waals surface area contributed by atoms with E-state index in [0.717, 1.165) is 0 Å². The summed E-state index contributed by atoms with van der Waals surface area (Å²) in [5.74, 6) is 0. The number of aliphatic hydroxyl groups excluding tert-OH is 1. The van der Waals surface area contributed by atoms with Gasteiger partial charge in [-0.15, -0.1) is 12.3 Å². The number of aliphatic hydroxyl groups is 1. The Morgan fingerprint density at radius 3 is 2.45 bits per heavy atom. The van der Waals surface area contributed by atoms with Gasteiger partial charge in [0.15, 0.2) is 0 Å². The topological polar surface area (TPSA) is 20.2 Å². The third-order valence-corrected chi connectivity index (χ3v) is 15.0. The molecule has 4 heteroatoms. The minimum Gasteiger partial charge on any atom is -0.400 e. The lowest BCUT2D eigenvalue weighted by atomic mass is 11.3. The molecule has 0 saturated heterocycles. The molecule has 1 nitrogen and oxygen atoms in total. The van der Waals surface area contributed by atoms with Gasteiger partial charge >= 0.3 is 0 Å². The van der Waals surface area contributed by atoms with Crippen LogP contribution in [0.25, 0.3) is 0 Å². The first kappa shape index (κ1) is 11.4. The molecule has 0 rings (SSSR count). The van der Waals surface area contributed by atoms with Crippen molar-refractivity contribution >= 4 is 27.1 Å². The van der Waals surface area contributed by atoms with Crippen LogP contribution in [0.15, 0.2) is 12.3 Å². The van der Waals surface area contributed by atoms with E-state index < -0.39 is 16.9 Å². The fourth-order valence-electron chi connectivity index (χ4n) is 1.17. The summed E-state index contributed by atoms with van der Waals surface area (Å²) in [6, 6.07) is 0. The number of rotatable bonds is 5. The maximum Gasteiger partial charge on any atom is 0.0682 e. The highest BCUT2D eigenvalue weighted by Gasteiger charge is 2.21. The van der Waals surface area contributed by atoms with Crippen LogP contribution in [0.1, 0.15) is 0 Å². The molecule has 1 N–H and O–H groups in total. The third kappa shape index (κ3) is 4.73. The molecule has 0 bridgehead atoms. The van der Waals surface area contributed by atoms with Crippen LogP contribution in [0.5, 0.6) is 0 Å². The molecule has 0 aliphatic carbocycles. The predicted octanol–water partition coefficient (Wildman–Crippen LogP) is 0.0407. The van der Waals surface area contributed by atoms with Gasteiger partial charge in [0.2, 0.25) is 0 Å². The molecule has 0 aromatic heterocycles. The van der Waals surface area contributed by atoms with Gasteiger partial charge in [-0.05, 0) is 10.2 Å². The van der Waals surface area contributed by atoms with E-state index in [2.05, 4.69) is 25.4 Å². The molecule has 0 amide bonds. The van der Waals surface area contributed by atoms with Gasteiger partial charge in [-0.2, -0.15) is 0 Å². The monoisotopic (exact) mass is 204 g/mol. The lowest BCUT2D eigenvalue weighted by Gasteiger charge is -2.21. The fourth-order valence-corrected chi connectivity index (χ4v) is 13.1. The second-order valence-electron chi connectivity index (χ2n) is 3.85. The maximum atomic E-state index is 9.06. The zero-order valence-electron chi connectivity index (χ0n) is 7.93. The van der Waals surface area contributed by atoms with E-state index in [9.17, 15) is 0 Å². The van der Waals surface area contributed by atoms with E-state index >= 15 is 0 Å². The summed E-state index contributed by atoms with van der Waals surface area (Å²) in [4.78, 5) is 0. The number of hydrogen-bond donors (Lipinski definition) is 1. The molecular weight excluding hydrogens is 184 g/mol. The summed E-state index contributed by atoms with van der Waals surface area (Å²) in [5.41, 5.74) is 4.86. The molecule has 0 aromatic rings. The van der Waals surface area contributed by atoms with E-state index in [1.54, 1.807) is 0 Å². The van der Waals surface area contributed by atoms with Crippen molar-refractivity contribution in [2.75, 3.05) is 6.23 Å².